The van der Waals surface area contributed by atoms with Gasteiger partial charge < -0.3 is 5.11 Å². The smallest absolute Gasteiger partial charge is 0.354 e. The summed E-state index contributed by atoms with van der Waals surface area (Å²) in [4.78, 5) is 18.3. The monoisotopic (exact) mass is 262 g/mol. The van der Waals surface area contributed by atoms with Gasteiger partial charge in [-0.05, 0) is 30.1 Å². The summed E-state index contributed by atoms with van der Waals surface area (Å²) in [6.45, 7) is 1.39. The number of aromatic carboxylic acids is 1. The van der Waals surface area contributed by atoms with Crippen molar-refractivity contribution in [3.05, 3.63) is 52.0 Å². The predicted octanol–water partition coefficient (Wildman–Crippen LogP) is 2.47. The number of carbonyl (C=O) groups is 1. The maximum atomic E-state index is 11.0. The van der Waals surface area contributed by atoms with Crippen molar-refractivity contribution in [1.82, 2.24) is 9.88 Å². The zero-order valence-electron chi connectivity index (χ0n) is 10.0. The van der Waals surface area contributed by atoms with Gasteiger partial charge in [0.25, 0.3) is 0 Å². The summed E-state index contributed by atoms with van der Waals surface area (Å²) in [7, 11) is 1.97. The lowest BCUT2D eigenvalue weighted by Gasteiger charge is -2.16. The topological polar surface area (TPSA) is 53.4 Å². The van der Waals surface area contributed by atoms with Crippen LogP contribution in [0, 0.1) is 0 Å². The Labute approximate surface area is 110 Å². The van der Waals surface area contributed by atoms with Gasteiger partial charge in [0.1, 0.15) is 0 Å². The van der Waals surface area contributed by atoms with Crippen molar-refractivity contribution in [2.45, 2.75) is 13.1 Å². The van der Waals surface area contributed by atoms with E-state index in [0.717, 1.165) is 12.1 Å². The van der Waals surface area contributed by atoms with Crippen molar-refractivity contribution in [2.24, 2.45) is 0 Å². The molecule has 0 spiro atoms. The summed E-state index contributed by atoms with van der Waals surface area (Å²) in [5.74, 6) is -0.977. The van der Waals surface area contributed by atoms with E-state index in [1.54, 1.807) is 23.5 Å². The zero-order valence-corrected chi connectivity index (χ0v) is 10.9. The Bertz CT molecular complexity index is 526. The van der Waals surface area contributed by atoms with E-state index >= 15 is 0 Å². The van der Waals surface area contributed by atoms with Gasteiger partial charge in [0.15, 0.2) is 5.69 Å². The SMILES string of the molecule is CN(Cc1cccs1)Cc1cccnc1C(=O)O. The average molecular weight is 262 g/mol. The van der Waals surface area contributed by atoms with Gasteiger partial charge in [-0.2, -0.15) is 0 Å². The van der Waals surface area contributed by atoms with Crippen molar-refractivity contribution in [3.63, 3.8) is 0 Å². The minimum atomic E-state index is -0.977. The number of carboxylic acids is 1. The quantitative estimate of drug-likeness (QED) is 0.899. The first-order valence-electron chi connectivity index (χ1n) is 5.55. The van der Waals surface area contributed by atoms with Crippen LogP contribution >= 0.6 is 11.3 Å². The Morgan fingerprint density at radius 1 is 1.39 bits per heavy atom. The highest BCUT2D eigenvalue weighted by molar-refractivity contribution is 7.09. The lowest BCUT2D eigenvalue weighted by atomic mass is 10.2. The van der Waals surface area contributed by atoms with Crippen LogP contribution in [0.3, 0.4) is 0 Å². The third kappa shape index (κ3) is 3.15. The molecule has 0 unspecified atom stereocenters. The second-order valence-corrected chi connectivity index (χ2v) is 5.10. The van der Waals surface area contributed by atoms with Crippen molar-refractivity contribution < 1.29 is 9.90 Å². The lowest BCUT2D eigenvalue weighted by Crippen LogP contribution is -2.19. The van der Waals surface area contributed by atoms with Crippen molar-refractivity contribution in [2.75, 3.05) is 7.05 Å². The maximum absolute atomic E-state index is 11.0. The van der Waals surface area contributed by atoms with Crippen LogP contribution in [-0.4, -0.2) is 28.0 Å². The van der Waals surface area contributed by atoms with Crippen LogP contribution in [0.25, 0.3) is 0 Å². The molecule has 0 aliphatic heterocycles. The van der Waals surface area contributed by atoms with E-state index < -0.39 is 5.97 Å². The standard InChI is InChI=1S/C13H14N2O2S/c1-15(9-11-5-3-7-18-11)8-10-4-2-6-14-12(10)13(16)17/h2-7H,8-9H2,1H3,(H,16,17). The Hall–Kier alpha value is -1.72. The third-order valence-corrected chi connectivity index (χ3v) is 3.40. The van der Waals surface area contributed by atoms with E-state index in [-0.39, 0.29) is 5.69 Å². The lowest BCUT2D eigenvalue weighted by molar-refractivity contribution is 0.0688. The third-order valence-electron chi connectivity index (χ3n) is 2.54. The first-order valence-corrected chi connectivity index (χ1v) is 6.43. The van der Waals surface area contributed by atoms with E-state index in [9.17, 15) is 4.79 Å². The number of pyridine rings is 1. The van der Waals surface area contributed by atoms with Gasteiger partial charge in [-0.25, -0.2) is 9.78 Å². The minimum Gasteiger partial charge on any atom is -0.477 e. The molecule has 0 saturated carbocycles. The summed E-state index contributed by atoms with van der Waals surface area (Å²) >= 11 is 1.70. The molecule has 2 rings (SSSR count). The van der Waals surface area contributed by atoms with E-state index in [4.69, 9.17) is 5.11 Å². The number of hydrogen-bond acceptors (Lipinski definition) is 4. The number of carboxylic acid groups (broad SMARTS) is 1. The largest absolute Gasteiger partial charge is 0.477 e. The first-order chi connectivity index (χ1) is 8.66. The van der Waals surface area contributed by atoms with Crippen molar-refractivity contribution >= 4 is 17.3 Å². The van der Waals surface area contributed by atoms with E-state index in [2.05, 4.69) is 16.0 Å². The fourth-order valence-corrected chi connectivity index (χ4v) is 2.56. The van der Waals surface area contributed by atoms with Gasteiger partial charge in [0.2, 0.25) is 0 Å². The van der Waals surface area contributed by atoms with Crippen LogP contribution < -0.4 is 0 Å². The first kappa shape index (κ1) is 12.7. The zero-order chi connectivity index (χ0) is 13.0. The summed E-state index contributed by atoms with van der Waals surface area (Å²) in [5, 5.41) is 11.1. The summed E-state index contributed by atoms with van der Waals surface area (Å²) in [5.41, 5.74) is 0.875. The molecule has 0 fully saturated rings. The second kappa shape index (κ2) is 5.75. The summed E-state index contributed by atoms with van der Waals surface area (Å²) in [6, 6.07) is 7.66. The van der Waals surface area contributed by atoms with Gasteiger partial charge in [-0.15, -0.1) is 11.3 Å². The van der Waals surface area contributed by atoms with E-state index in [1.807, 2.05) is 18.5 Å². The van der Waals surface area contributed by atoms with Crippen LogP contribution in [0.1, 0.15) is 20.9 Å². The molecule has 0 radical (unpaired) electrons. The molecule has 0 saturated heterocycles. The molecular formula is C13H14N2O2S. The molecule has 2 heterocycles. The number of aromatic nitrogens is 1. The Morgan fingerprint density at radius 2 is 2.22 bits per heavy atom. The highest BCUT2D eigenvalue weighted by atomic mass is 32.1. The summed E-state index contributed by atoms with van der Waals surface area (Å²) < 4.78 is 0. The average Bonchev–Trinajstić information content (AvgIpc) is 2.82. The Morgan fingerprint density at radius 3 is 2.89 bits per heavy atom. The van der Waals surface area contributed by atoms with Crippen molar-refractivity contribution in [3.8, 4) is 0 Å². The van der Waals surface area contributed by atoms with Gasteiger partial charge >= 0.3 is 5.97 Å². The Balaban J connectivity index is 2.07. The van der Waals surface area contributed by atoms with Crippen molar-refractivity contribution in [1.29, 1.82) is 0 Å². The van der Waals surface area contributed by atoms with Gasteiger partial charge in [-0.3, -0.25) is 4.90 Å². The number of nitrogens with zero attached hydrogens (tertiary/aromatic N) is 2. The van der Waals surface area contributed by atoms with Crippen LogP contribution in [0.5, 0.6) is 0 Å². The maximum Gasteiger partial charge on any atom is 0.354 e. The van der Waals surface area contributed by atoms with Crippen LogP contribution in [-0.2, 0) is 13.1 Å². The predicted molar refractivity (Wildman–Crippen MR) is 70.7 cm³/mol. The van der Waals surface area contributed by atoms with Gasteiger partial charge in [0, 0.05) is 24.2 Å². The van der Waals surface area contributed by atoms with Gasteiger partial charge in [0.05, 0.1) is 0 Å². The number of hydrogen-bond donors (Lipinski definition) is 1. The molecule has 2 aromatic rings. The number of thiophene rings is 1. The van der Waals surface area contributed by atoms with E-state index in [1.165, 1.54) is 11.1 Å². The highest BCUT2D eigenvalue weighted by Gasteiger charge is 2.12. The molecule has 1 N–H and O–H groups in total. The minimum absolute atomic E-state index is 0.135. The molecule has 4 nitrogen and oxygen atoms in total. The molecular weight excluding hydrogens is 248 g/mol. The molecule has 0 bridgehead atoms. The fraction of sp³-hybridized carbons (Fsp3) is 0.231. The van der Waals surface area contributed by atoms with E-state index in [0.29, 0.717) is 6.54 Å². The highest BCUT2D eigenvalue weighted by Crippen LogP contribution is 2.14. The molecule has 0 atom stereocenters. The molecule has 0 aliphatic carbocycles. The molecule has 18 heavy (non-hydrogen) atoms. The molecule has 0 aromatic carbocycles. The Kier molecular flexibility index (Phi) is 4.07. The molecule has 0 aliphatic rings. The van der Waals surface area contributed by atoms with Crippen LogP contribution in [0.4, 0.5) is 0 Å². The molecule has 2 aromatic heterocycles. The summed E-state index contributed by atoms with van der Waals surface area (Å²) in [6.07, 6.45) is 1.51. The van der Waals surface area contributed by atoms with Gasteiger partial charge in [-0.1, -0.05) is 12.1 Å². The molecule has 0 amide bonds. The fourth-order valence-electron chi connectivity index (χ4n) is 1.77. The van der Waals surface area contributed by atoms with Crippen LogP contribution in [0.15, 0.2) is 35.8 Å². The molecule has 94 valence electrons. The normalized spacial score (nSPS) is 10.8. The van der Waals surface area contributed by atoms with Crippen LogP contribution in [0.2, 0.25) is 0 Å². The molecule has 5 heteroatoms. The second-order valence-electron chi connectivity index (χ2n) is 4.07. The number of rotatable bonds is 5.